The molecule has 80 valence electrons. The monoisotopic (exact) mass is 224 g/mol. The lowest BCUT2D eigenvalue weighted by Gasteiger charge is -2.00. The van der Waals surface area contributed by atoms with Gasteiger partial charge in [0.2, 0.25) is 5.13 Å². The average molecular weight is 224 g/mol. The van der Waals surface area contributed by atoms with Gasteiger partial charge in [0.1, 0.15) is 5.01 Å². The Hall–Kier alpha value is -1.50. The van der Waals surface area contributed by atoms with E-state index in [1.165, 1.54) is 0 Å². The van der Waals surface area contributed by atoms with Gasteiger partial charge in [0.15, 0.2) is 0 Å². The summed E-state index contributed by atoms with van der Waals surface area (Å²) in [4.78, 5) is 0. The molecule has 0 spiro atoms. The van der Waals surface area contributed by atoms with Crippen LogP contribution in [0, 0.1) is 0 Å². The van der Waals surface area contributed by atoms with Crippen LogP contribution in [0.2, 0.25) is 0 Å². The van der Waals surface area contributed by atoms with Crippen molar-refractivity contribution in [2.75, 3.05) is 5.32 Å². The number of aromatic nitrogens is 5. The summed E-state index contributed by atoms with van der Waals surface area (Å²) in [6.07, 6.45) is 2.65. The molecule has 0 amide bonds. The minimum Gasteiger partial charge on any atom is -0.354 e. The SMILES string of the molecule is CCc1nnc(NCc2cnnn2C)s1. The van der Waals surface area contributed by atoms with Gasteiger partial charge < -0.3 is 5.32 Å². The fourth-order valence-electron chi connectivity index (χ4n) is 1.11. The van der Waals surface area contributed by atoms with Gasteiger partial charge in [0.05, 0.1) is 18.4 Å². The zero-order chi connectivity index (χ0) is 10.7. The normalized spacial score (nSPS) is 10.5. The van der Waals surface area contributed by atoms with Gasteiger partial charge in [-0.1, -0.05) is 23.5 Å². The molecule has 0 saturated heterocycles. The van der Waals surface area contributed by atoms with Crippen molar-refractivity contribution in [2.24, 2.45) is 7.05 Å². The second-order valence-corrected chi connectivity index (χ2v) is 4.12. The van der Waals surface area contributed by atoms with Crippen molar-refractivity contribution in [3.05, 3.63) is 16.9 Å². The summed E-state index contributed by atoms with van der Waals surface area (Å²) in [5.41, 5.74) is 1.02. The van der Waals surface area contributed by atoms with E-state index in [4.69, 9.17) is 0 Å². The first-order valence-electron chi connectivity index (χ1n) is 4.69. The van der Waals surface area contributed by atoms with Crippen molar-refractivity contribution < 1.29 is 0 Å². The highest BCUT2D eigenvalue weighted by Crippen LogP contribution is 2.15. The van der Waals surface area contributed by atoms with Crippen LogP contribution in [0.1, 0.15) is 17.6 Å². The zero-order valence-electron chi connectivity index (χ0n) is 8.64. The third-order valence-corrected chi connectivity index (χ3v) is 3.02. The molecule has 0 aliphatic carbocycles. The quantitative estimate of drug-likeness (QED) is 0.833. The van der Waals surface area contributed by atoms with Gasteiger partial charge >= 0.3 is 0 Å². The molecule has 0 saturated carbocycles. The van der Waals surface area contributed by atoms with E-state index >= 15 is 0 Å². The first-order valence-corrected chi connectivity index (χ1v) is 5.51. The molecule has 15 heavy (non-hydrogen) atoms. The maximum atomic E-state index is 4.03. The Kier molecular flexibility index (Phi) is 2.91. The van der Waals surface area contributed by atoms with Gasteiger partial charge in [-0.15, -0.1) is 15.3 Å². The van der Waals surface area contributed by atoms with Crippen LogP contribution in [-0.4, -0.2) is 25.2 Å². The molecule has 0 aliphatic rings. The Bertz CT molecular complexity index is 434. The molecule has 0 atom stereocenters. The second kappa shape index (κ2) is 4.35. The van der Waals surface area contributed by atoms with Gasteiger partial charge in [-0.25, -0.2) is 0 Å². The lowest BCUT2D eigenvalue weighted by atomic mass is 10.5. The lowest BCUT2D eigenvalue weighted by molar-refractivity contribution is 0.683. The van der Waals surface area contributed by atoms with Crippen molar-refractivity contribution in [3.63, 3.8) is 0 Å². The molecule has 0 bridgehead atoms. The number of anilines is 1. The molecule has 0 unspecified atom stereocenters. The predicted molar refractivity (Wildman–Crippen MR) is 57.6 cm³/mol. The number of aryl methyl sites for hydroxylation is 2. The van der Waals surface area contributed by atoms with E-state index < -0.39 is 0 Å². The maximum absolute atomic E-state index is 4.03. The van der Waals surface area contributed by atoms with Crippen LogP contribution >= 0.6 is 11.3 Å². The van der Waals surface area contributed by atoms with E-state index in [0.29, 0.717) is 6.54 Å². The summed E-state index contributed by atoms with van der Waals surface area (Å²) >= 11 is 1.58. The molecule has 0 fully saturated rings. The zero-order valence-corrected chi connectivity index (χ0v) is 9.45. The molecular formula is C8H12N6S. The maximum Gasteiger partial charge on any atom is 0.205 e. The third-order valence-electron chi connectivity index (χ3n) is 2.00. The van der Waals surface area contributed by atoms with Crippen LogP contribution < -0.4 is 5.32 Å². The van der Waals surface area contributed by atoms with Gasteiger partial charge in [-0.05, 0) is 6.42 Å². The van der Waals surface area contributed by atoms with E-state index in [1.807, 2.05) is 7.05 Å². The smallest absolute Gasteiger partial charge is 0.205 e. The number of hydrogen-bond acceptors (Lipinski definition) is 6. The van der Waals surface area contributed by atoms with Crippen LogP contribution in [0.5, 0.6) is 0 Å². The Morgan fingerprint density at radius 2 is 2.33 bits per heavy atom. The highest BCUT2D eigenvalue weighted by atomic mass is 32.1. The standard InChI is InChI=1S/C8H12N6S/c1-3-7-11-12-8(15-7)9-4-6-5-10-13-14(6)2/h5H,3-4H2,1-2H3,(H,9,12). The van der Waals surface area contributed by atoms with Crippen LogP contribution in [0.3, 0.4) is 0 Å². The largest absolute Gasteiger partial charge is 0.354 e. The average Bonchev–Trinajstić information content (AvgIpc) is 2.84. The van der Waals surface area contributed by atoms with E-state index in [9.17, 15) is 0 Å². The topological polar surface area (TPSA) is 68.5 Å². The number of nitrogens with zero attached hydrogens (tertiary/aromatic N) is 5. The highest BCUT2D eigenvalue weighted by Gasteiger charge is 2.03. The summed E-state index contributed by atoms with van der Waals surface area (Å²) in [7, 11) is 1.86. The van der Waals surface area contributed by atoms with Crippen LogP contribution in [-0.2, 0) is 20.0 Å². The van der Waals surface area contributed by atoms with Crippen molar-refractivity contribution >= 4 is 16.5 Å². The number of nitrogens with one attached hydrogen (secondary N) is 1. The molecular weight excluding hydrogens is 212 g/mol. The molecule has 2 aromatic heterocycles. The summed E-state index contributed by atoms with van der Waals surface area (Å²) in [6.45, 7) is 2.73. The Morgan fingerprint density at radius 3 is 2.93 bits per heavy atom. The Balaban J connectivity index is 1.96. The molecule has 7 heteroatoms. The van der Waals surface area contributed by atoms with E-state index in [1.54, 1.807) is 22.2 Å². The first-order chi connectivity index (χ1) is 7.29. The second-order valence-electron chi connectivity index (χ2n) is 3.06. The molecule has 0 aromatic carbocycles. The Labute approximate surface area is 91.3 Å². The molecule has 0 radical (unpaired) electrons. The Morgan fingerprint density at radius 1 is 1.47 bits per heavy atom. The van der Waals surface area contributed by atoms with E-state index in [0.717, 1.165) is 22.3 Å². The molecule has 2 rings (SSSR count). The molecule has 6 nitrogen and oxygen atoms in total. The van der Waals surface area contributed by atoms with E-state index in [-0.39, 0.29) is 0 Å². The summed E-state index contributed by atoms with van der Waals surface area (Å²) in [5, 5.41) is 20.8. The van der Waals surface area contributed by atoms with Crippen molar-refractivity contribution in [3.8, 4) is 0 Å². The fraction of sp³-hybridized carbons (Fsp3) is 0.500. The van der Waals surface area contributed by atoms with Gasteiger partial charge in [-0.3, -0.25) is 4.68 Å². The van der Waals surface area contributed by atoms with Crippen LogP contribution in [0.25, 0.3) is 0 Å². The summed E-state index contributed by atoms with van der Waals surface area (Å²) in [5.74, 6) is 0. The third kappa shape index (κ3) is 2.30. The van der Waals surface area contributed by atoms with Crippen molar-refractivity contribution in [2.45, 2.75) is 19.9 Å². The number of rotatable bonds is 4. The fourth-order valence-corrected chi connectivity index (χ4v) is 1.78. The van der Waals surface area contributed by atoms with Gasteiger partial charge in [0, 0.05) is 7.05 Å². The minimum absolute atomic E-state index is 0.668. The molecule has 2 aromatic rings. The van der Waals surface area contributed by atoms with Gasteiger partial charge in [0.25, 0.3) is 0 Å². The van der Waals surface area contributed by atoms with Crippen molar-refractivity contribution in [1.29, 1.82) is 0 Å². The lowest BCUT2D eigenvalue weighted by Crippen LogP contribution is -2.05. The summed E-state index contributed by atoms with van der Waals surface area (Å²) in [6, 6.07) is 0. The van der Waals surface area contributed by atoms with Crippen LogP contribution in [0.15, 0.2) is 6.20 Å². The molecule has 2 heterocycles. The highest BCUT2D eigenvalue weighted by molar-refractivity contribution is 7.15. The molecule has 1 N–H and O–H groups in total. The summed E-state index contributed by atoms with van der Waals surface area (Å²) < 4.78 is 1.73. The van der Waals surface area contributed by atoms with Gasteiger partial charge in [-0.2, -0.15) is 0 Å². The minimum atomic E-state index is 0.668. The molecule has 0 aliphatic heterocycles. The predicted octanol–water partition coefficient (Wildman–Crippen LogP) is 0.841. The van der Waals surface area contributed by atoms with E-state index in [2.05, 4.69) is 32.7 Å². The first kappa shape index (κ1) is 10.0. The van der Waals surface area contributed by atoms with Crippen molar-refractivity contribution in [1.82, 2.24) is 25.2 Å². The van der Waals surface area contributed by atoms with Crippen LogP contribution in [0.4, 0.5) is 5.13 Å². The number of hydrogen-bond donors (Lipinski definition) is 1.